The molecule has 0 bridgehead atoms. The fourth-order valence-electron chi connectivity index (χ4n) is 1.86. The second-order valence-electron chi connectivity index (χ2n) is 4.74. The number of hydrogen-bond acceptors (Lipinski definition) is 2. The largest absolute Gasteiger partial charge is 0.357 e. The van der Waals surface area contributed by atoms with Gasteiger partial charge in [-0.2, -0.15) is 0 Å². The summed E-state index contributed by atoms with van der Waals surface area (Å²) in [6.45, 7) is 2.19. The van der Waals surface area contributed by atoms with Gasteiger partial charge in [0.05, 0.1) is 4.90 Å². The van der Waals surface area contributed by atoms with Crippen LogP contribution in [0, 0.1) is 6.92 Å². The average Bonchev–Trinajstić information content (AvgIpc) is 2.78. The van der Waals surface area contributed by atoms with E-state index in [1.54, 1.807) is 12.1 Å². The third-order valence-electron chi connectivity index (χ3n) is 3.05. The van der Waals surface area contributed by atoms with E-state index in [2.05, 4.69) is 4.72 Å². The summed E-state index contributed by atoms with van der Waals surface area (Å²) < 4.78 is 28.8. The fourth-order valence-corrected chi connectivity index (χ4v) is 3.17. The highest BCUT2D eigenvalue weighted by Crippen LogP contribution is 2.19. The van der Waals surface area contributed by atoms with E-state index in [1.165, 1.54) is 6.07 Å². The van der Waals surface area contributed by atoms with Crippen LogP contribution in [-0.2, 0) is 23.5 Å². The molecule has 1 N–H and O–H groups in total. The van der Waals surface area contributed by atoms with Gasteiger partial charge in [-0.3, -0.25) is 0 Å². The van der Waals surface area contributed by atoms with Crippen LogP contribution in [-0.4, -0.2) is 19.5 Å². The van der Waals surface area contributed by atoms with Gasteiger partial charge in [0.1, 0.15) is 0 Å². The van der Waals surface area contributed by atoms with Gasteiger partial charge in [-0.15, -0.1) is 0 Å². The Bertz CT molecular complexity index is 708. The number of aromatic nitrogens is 1. The molecular weight excluding hydrogens is 296 g/mol. The predicted octanol–water partition coefficient (Wildman–Crippen LogP) is 2.51. The summed E-state index contributed by atoms with van der Waals surface area (Å²) in [7, 11) is -1.57. The molecule has 6 heteroatoms. The van der Waals surface area contributed by atoms with Crippen LogP contribution in [0.2, 0.25) is 5.02 Å². The lowest BCUT2D eigenvalue weighted by atomic mass is 10.2. The average molecular weight is 313 g/mol. The van der Waals surface area contributed by atoms with Gasteiger partial charge in [-0.1, -0.05) is 17.7 Å². The van der Waals surface area contributed by atoms with Gasteiger partial charge in [0.15, 0.2) is 0 Å². The lowest BCUT2D eigenvalue weighted by Gasteiger charge is -2.07. The highest BCUT2D eigenvalue weighted by atomic mass is 35.5. The van der Waals surface area contributed by atoms with Crippen molar-refractivity contribution in [3.63, 3.8) is 0 Å². The monoisotopic (exact) mass is 312 g/mol. The normalized spacial score (nSPS) is 11.8. The molecule has 20 heavy (non-hydrogen) atoms. The van der Waals surface area contributed by atoms with Crippen molar-refractivity contribution in [3.05, 3.63) is 52.8 Å². The first-order valence-electron chi connectivity index (χ1n) is 6.25. The van der Waals surface area contributed by atoms with E-state index >= 15 is 0 Å². The van der Waals surface area contributed by atoms with Crippen LogP contribution in [0.25, 0.3) is 0 Å². The van der Waals surface area contributed by atoms with E-state index in [9.17, 15) is 8.42 Å². The van der Waals surface area contributed by atoms with Crippen molar-refractivity contribution in [1.82, 2.24) is 9.29 Å². The van der Waals surface area contributed by atoms with Crippen molar-refractivity contribution in [3.8, 4) is 0 Å². The molecule has 0 aliphatic rings. The van der Waals surface area contributed by atoms with Crippen LogP contribution in [0.1, 0.15) is 11.1 Å². The zero-order valence-electron chi connectivity index (χ0n) is 11.4. The molecule has 4 nitrogen and oxygen atoms in total. The molecule has 0 saturated carbocycles. The van der Waals surface area contributed by atoms with Crippen LogP contribution < -0.4 is 4.72 Å². The Morgan fingerprint density at radius 1 is 1.30 bits per heavy atom. The number of halogens is 1. The molecule has 0 radical (unpaired) electrons. The highest BCUT2D eigenvalue weighted by Gasteiger charge is 2.14. The minimum Gasteiger partial charge on any atom is -0.357 e. The lowest BCUT2D eigenvalue weighted by Crippen LogP contribution is -2.26. The number of sulfonamides is 1. The Morgan fingerprint density at radius 2 is 2.05 bits per heavy atom. The molecule has 108 valence electrons. The Labute approximate surface area is 124 Å². The number of aryl methyl sites for hydroxylation is 2. The number of hydrogen-bond donors (Lipinski definition) is 1. The molecule has 1 heterocycles. The van der Waals surface area contributed by atoms with Crippen molar-refractivity contribution in [1.29, 1.82) is 0 Å². The Morgan fingerprint density at radius 3 is 2.65 bits per heavy atom. The minimum absolute atomic E-state index is 0.196. The SMILES string of the molecule is Cc1ccc(S(=O)(=O)NCCc2ccn(C)c2)cc1Cl. The standard InChI is InChI=1S/C14H17ClN2O2S/c1-11-3-4-13(9-14(11)15)20(18,19)16-7-5-12-6-8-17(2)10-12/h3-4,6,8-10,16H,5,7H2,1-2H3. The molecule has 0 aliphatic carbocycles. The molecule has 1 aromatic carbocycles. The maximum Gasteiger partial charge on any atom is 0.240 e. The quantitative estimate of drug-likeness (QED) is 0.922. The van der Waals surface area contributed by atoms with Crippen molar-refractivity contribution < 1.29 is 8.42 Å². The molecule has 0 spiro atoms. The van der Waals surface area contributed by atoms with Crippen molar-refractivity contribution in [2.45, 2.75) is 18.2 Å². The summed E-state index contributed by atoms with van der Waals surface area (Å²) in [5.41, 5.74) is 1.95. The van der Waals surface area contributed by atoms with Gasteiger partial charge in [0, 0.05) is 31.0 Å². The maximum absolute atomic E-state index is 12.1. The summed E-state index contributed by atoms with van der Waals surface area (Å²) >= 11 is 5.96. The first-order chi connectivity index (χ1) is 9.38. The summed E-state index contributed by atoms with van der Waals surface area (Å²) in [5.74, 6) is 0. The molecule has 2 rings (SSSR count). The van der Waals surface area contributed by atoms with Crippen LogP contribution in [0.3, 0.4) is 0 Å². The zero-order valence-corrected chi connectivity index (χ0v) is 13.0. The number of benzene rings is 1. The Balaban J connectivity index is 2.02. The van der Waals surface area contributed by atoms with Gasteiger partial charge in [-0.25, -0.2) is 13.1 Å². The van der Waals surface area contributed by atoms with Gasteiger partial charge in [0.25, 0.3) is 0 Å². The second-order valence-corrected chi connectivity index (χ2v) is 6.92. The maximum atomic E-state index is 12.1. The second kappa shape index (κ2) is 5.99. The van der Waals surface area contributed by atoms with E-state index < -0.39 is 10.0 Å². The first-order valence-corrected chi connectivity index (χ1v) is 8.11. The number of rotatable bonds is 5. The molecule has 2 aromatic rings. The van der Waals surface area contributed by atoms with Crippen molar-refractivity contribution >= 4 is 21.6 Å². The molecule has 0 unspecified atom stereocenters. The van der Waals surface area contributed by atoms with Crippen LogP contribution >= 0.6 is 11.6 Å². The molecule has 0 aliphatic heterocycles. The van der Waals surface area contributed by atoms with Gasteiger partial charge in [0.2, 0.25) is 10.0 Å². The van der Waals surface area contributed by atoms with Crippen LogP contribution in [0.15, 0.2) is 41.6 Å². The highest BCUT2D eigenvalue weighted by molar-refractivity contribution is 7.89. The van der Waals surface area contributed by atoms with E-state index in [4.69, 9.17) is 11.6 Å². The summed E-state index contributed by atoms with van der Waals surface area (Å²) in [6, 6.07) is 6.71. The summed E-state index contributed by atoms with van der Waals surface area (Å²) in [6.07, 6.45) is 4.56. The van der Waals surface area contributed by atoms with E-state index in [-0.39, 0.29) is 4.90 Å². The molecule has 0 fully saturated rings. The predicted molar refractivity (Wildman–Crippen MR) is 80.5 cm³/mol. The molecule has 0 amide bonds. The Hall–Kier alpha value is -1.30. The minimum atomic E-state index is -3.50. The molecular formula is C14H17ClN2O2S. The Kier molecular flexibility index (Phi) is 4.52. The van der Waals surface area contributed by atoms with Crippen LogP contribution in [0.5, 0.6) is 0 Å². The van der Waals surface area contributed by atoms with Gasteiger partial charge in [-0.05, 0) is 42.7 Å². The summed E-state index contributed by atoms with van der Waals surface area (Å²) in [5, 5.41) is 0.455. The van der Waals surface area contributed by atoms with E-state index in [0.29, 0.717) is 18.0 Å². The van der Waals surface area contributed by atoms with Gasteiger partial charge >= 0.3 is 0 Å². The number of nitrogens with zero attached hydrogens (tertiary/aromatic N) is 1. The molecule has 0 atom stereocenters. The van der Waals surface area contributed by atoms with Crippen LogP contribution in [0.4, 0.5) is 0 Å². The third kappa shape index (κ3) is 3.62. The smallest absolute Gasteiger partial charge is 0.240 e. The molecule has 0 saturated heterocycles. The van der Waals surface area contributed by atoms with E-state index in [1.807, 2.05) is 37.0 Å². The van der Waals surface area contributed by atoms with Crippen molar-refractivity contribution in [2.75, 3.05) is 6.54 Å². The fraction of sp³-hybridized carbons (Fsp3) is 0.286. The number of nitrogens with one attached hydrogen (secondary N) is 1. The van der Waals surface area contributed by atoms with Gasteiger partial charge < -0.3 is 4.57 Å². The van der Waals surface area contributed by atoms with Crippen molar-refractivity contribution in [2.24, 2.45) is 7.05 Å². The summed E-state index contributed by atoms with van der Waals surface area (Å²) in [4.78, 5) is 0.196. The van der Waals surface area contributed by atoms with E-state index in [0.717, 1.165) is 11.1 Å². The third-order valence-corrected chi connectivity index (χ3v) is 4.92. The zero-order chi connectivity index (χ0) is 14.8. The topological polar surface area (TPSA) is 51.1 Å². The first kappa shape index (κ1) is 15.1. The lowest BCUT2D eigenvalue weighted by molar-refractivity contribution is 0.581. The molecule has 1 aromatic heterocycles.